The zero-order chi connectivity index (χ0) is 7.56. The maximum atomic E-state index is 9.03. The van der Waals surface area contributed by atoms with Gasteiger partial charge in [-0.15, -0.1) is 0 Å². The van der Waals surface area contributed by atoms with Gasteiger partial charge in [0.05, 0.1) is 11.6 Å². The Hall–Kier alpha value is -1.27. The van der Waals surface area contributed by atoms with Crippen molar-refractivity contribution in [2.75, 3.05) is 0 Å². The summed E-state index contributed by atoms with van der Waals surface area (Å²) in [6.45, 7) is 1.83. The summed E-state index contributed by atoms with van der Waals surface area (Å²) >= 11 is 0. The highest BCUT2D eigenvalue weighted by Crippen LogP contribution is 2.09. The third kappa shape index (κ3) is 1.17. The third-order valence-electron chi connectivity index (χ3n) is 1.37. The number of hydroxylamine groups is 2. The van der Waals surface area contributed by atoms with Gasteiger partial charge in [0.2, 0.25) is 0 Å². The van der Waals surface area contributed by atoms with Crippen molar-refractivity contribution >= 4 is 0 Å². The van der Waals surface area contributed by atoms with Gasteiger partial charge in [-0.3, -0.25) is 10.3 Å². The Kier molecular flexibility index (Phi) is 1.74. The average Bonchev–Trinajstić information content (AvgIpc) is 1.95. The number of nitrogens with zero attached hydrogens (tertiary/aromatic N) is 2. The van der Waals surface area contributed by atoms with Crippen molar-refractivity contribution in [1.29, 1.82) is 5.26 Å². The van der Waals surface area contributed by atoms with Crippen LogP contribution in [0.2, 0.25) is 0 Å². The molecule has 0 amide bonds. The van der Waals surface area contributed by atoms with Gasteiger partial charge in [-0.1, -0.05) is 6.08 Å². The monoisotopic (exact) mass is 136 g/mol. The van der Waals surface area contributed by atoms with Gasteiger partial charge < -0.3 is 0 Å². The van der Waals surface area contributed by atoms with Crippen LogP contribution in [-0.4, -0.2) is 16.3 Å². The van der Waals surface area contributed by atoms with Crippen LogP contribution in [0, 0.1) is 11.3 Å². The third-order valence-corrected chi connectivity index (χ3v) is 1.37. The molecule has 1 N–H and O–H groups in total. The first-order chi connectivity index (χ1) is 4.74. The van der Waals surface area contributed by atoms with E-state index in [1.807, 2.05) is 13.0 Å². The first-order valence-electron chi connectivity index (χ1n) is 3.01. The fourth-order valence-corrected chi connectivity index (χ4v) is 0.700. The molecule has 1 unspecified atom stereocenters. The standard InChI is InChI=1S/C7H8N2O/c1-6-2-3-7(4-8)5-9(6)10/h2-3,5-6,10H,1H3. The lowest BCUT2D eigenvalue weighted by molar-refractivity contribution is -0.0608. The highest BCUT2D eigenvalue weighted by Gasteiger charge is 2.08. The van der Waals surface area contributed by atoms with Gasteiger partial charge in [0.25, 0.3) is 0 Å². The van der Waals surface area contributed by atoms with Crippen molar-refractivity contribution in [2.45, 2.75) is 13.0 Å². The number of nitriles is 1. The Bertz CT molecular complexity index is 224. The second-order valence-corrected chi connectivity index (χ2v) is 2.18. The molecule has 0 aromatic rings. The second-order valence-electron chi connectivity index (χ2n) is 2.18. The molecular weight excluding hydrogens is 128 g/mol. The van der Waals surface area contributed by atoms with Crippen LogP contribution in [0.1, 0.15) is 6.92 Å². The van der Waals surface area contributed by atoms with Crippen LogP contribution < -0.4 is 0 Å². The second kappa shape index (κ2) is 2.54. The van der Waals surface area contributed by atoms with E-state index in [4.69, 9.17) is 10.5 Å². The SMILES string of the molecule is CC1C=CC(C#N)=CN1O. The summed E-state index contributed by atoms with van der Waals surface area (Å²) in [5.41, 5.74) is 0.473. The van der Waals surface area contributed by atoms with Crippen molar-refractivity contribution in [3.05, 3.63) is 23.9 Å². The summed E-state index contributed by atoms with van der Waals surface area (Å²) in [7, 11) is 0. The normalized spacial score (nSPS) is 23.9. The zero-order valence-electron chi connectivity index (χ0n) is 5.65. The number of rotatable bonds is 0. The van der Waals surface area contributed by atoms with Gasteiger partial charge in [-0.25, -0.2) is 0 Å². The molecule has 0 bridgehead atoms. The Morgan fingerprint density at radius 2 is 2.50 bits per heavy atom. The topological polar surface area (TPSA) is 47.3 Å². The van der Waals surface area contributed by atoms with E-state index in [1.165, 1.54) is 6.20 Å². The molecule has 0 saturated heterocycles. The fraction of sp³-hybridized carbons (Fsp3) is 0.286. The summed E-state index contributed by atoms with van der Waals surface area (Å²) in [6.07, 6.45) is 4.86. The van der Waals surface area contributed by atoms with Crippen LogP contribution in [0.3, 0.4) is 0 Å². The predicted octanol–water partition coefficient (Wildman–Crippen LogP) is 1.04. The molecule has 1 heterocycles. The van der Waals surface area contributed by atoms with Gasteiger partial charge in [-0.05, 0) is 13.0 Å². The van der Waals surface area contributed by atoms with Crippen molar-refractivity contribution in [3.8, 4) is 6.07 Å². The van der Waals surface area contributed by atoms with Crippen molar-refractivity contribution in [2.24, 2.45) is 0 Å². The summed E-state index contributed by atoms with van der Waals surface area (Å²) in [4.78, 5) is 0. The molecule has 0 aromatic carbocycles. The van der Waals surface area contributed by atoms with Crippen LogP contribution in [0.15, 0.2) is 23.9 Å². The molecule has 1 aliphatic heterocycles. The van der Waals surface area contributed by atoms with Crippen LogP contribution in [0.25, 0.3) is 0 Å². The molecule has 0 radical (unpaired) electrons. The lowest BCUT2D eigenvalue weighted by Crippen LogP contribution is -2.24. The van der Waals surface area contributed by atoms with E-state index in [2.05, 4.69) is 0 Å². The molecule has 1 aliphatic rings. The molecule has 1 atom stereocenters. The summed E-state index contributed by atoms with van der Waals surface area (Å²) in [6, 6.07) is 1.90. The molecule has 0 aliphatic carbocycles. The Morgan fingerprint density at radius 1 is 1.80 bits per heavy atom. The average molecular weight is 136 g/mol. The highest BCUT2D eigenvalue weighted by molar-refractivity contribution is 5.34. The molecule has 3 heteroatoms. The summed E-state index contributed by atoms with van der Waals surface area (Å²) in [5, 5.41) is 18.4. The quantitative estimate of drug-likeness (QED) is 0.541. The van der Waals surface area contributed by atoms with Crippen LogP contribution in [0.4, 0.5) is 0 Å². The van der Waals surface area contributed by atoms with Crippen LogP contribution in [0.5, 0.6) is 0 Å². The van der Waals surface area contributed by atoms with Crippen LogP contribution in [-0.2, 0) is 0 Å². The van der Waals surface area contributed by atoms with E-state index < -0.39 is 0 Å². The number of hydrogen-bond acceptors (Lipinski definition) is 3. The summed E-state index contributed by atoms with van der Waals surface area (Å²) in [5.74, 6) is 0. The van der Waals surface area contributed by atoms with E-state index in [-0.39, 0.29) is 6.04 Å². The predicted molar refractivity (Wildman–Crippen MR) is 35.9 cm³/mol. The zero-order valence-corrected chi connectivity index (χ0v) is 5.65. The molecule has 3 nitrogen and oxygen atoms in total. The van der Waals surface area contributed by atoms with Crippen molar-refractivity contribution in [1.82, 2.24) is 5.06 Å². The minimum absolute atomic E-state index is 0.0305. The van der Waals surface area contributed by atoms with Gasteiger partial charge >= 0.3 is 0 Å². The van der Waals surface area contributed by atoms with E-state index in [1.54, 1.807) is 12.2 Å². The largest absolute Gasteiger partial charge is 0.288 e. The van der Waals surface area contributed by atoms with Gasteiger partial charge in [0.1, 0.15) is 6.07 Å². The molecule has 0 saturated carbocycles. The Balaban J connectivity index is 2.78. The van der Waals surface area contributed by atoms with Crippen LogP contribution >= 0.6 is 0 Å². The maximum absolute atomic E-state index is 9.03. The van der Waals surface area contributed by atoms with E-state index in [0.717, 1.165) is 5.06 Å². The highest BCUT2D eigenvalue weighted by atomic mass is 16.5. The van der Waals surface area contributed by atoms with Crippen molar-refractivity contribution in [3.63, 3.8) is 0 Å². The van der Waals surface area contributed by atoms with Gasteiger partial charge in [0.15, 0.2) is 0 Å². The Labute approximate surface area is 59.4 Å². The molecule has 0 fully saturated rings. The first kappa shape index (κ1) is 6.84. The van der Waals surface area contributed by atoms with E-state index >= 15 is 0 Å². The Morgan fingerprint density at radius 3 is 3.00 bits per heavy atom. The van der Waals surface area contributed by atoms with Gasteiger partial charge in [0, 0.05) is 6.20 Å². The van der Waals surface area contributed by atoms with Crippen molar-refractivity contribution < 1.29 is 5.21 Å². The number of allylic oxidation sites excluding steroid dienone is 2. The molecule has 1 rings (SSSR count). The van der Waals surface area contributed by atoms with E-state index in [0.29, 0.717) is 5.57 Å². The lowest BCUT2D eigenvalue weighted by Gasteiger charge is -2.20. The van der Waals surface area contributed by atoms with E-state index in [9.17, 15) is 0 Å². The number of hydrogen-bond donors (Lipinski definition) is 1. The minimum Gasteiger partial charge on any atom is -0.288 e. The first-order valence-corrected chi connectivity index (χ1v) is 3.01. The molecule has 0 spiro atoms. The summed E-state index contributed by atoms with van der Waals surface area (Å²) < 4.78 is 0. The molecule has 0 aromatic heterocycles. The fourth-order valence-electron chi connectivity index (χ4n) is 0.700. The molecule has 10 heavy (non-hydrogen) atoms. The smallest absolute Gasteiger partial charge is 0.101 e. The minimum atomic E-state index is -0.0305. The lowest BCUT2D eigenvalue weighted by atomic mass is 10.2. The van der Waals surface area contributed by atoms with Gasteiger partial charge in [-0.2, -0.15) is 5.26 Å². The maximum Gasteiger partial charge on any atom is 0.101 e. The molecular formula is C7H8N2O. The molecule has 52 valence electrons.